The van der Waals surface area contributed by atoms with Crippen LogP contribution in [0.4, 0.5) is 11.5 Å². The number of halogens is 2. The molecule has 24 heavy (non-hydrogen) atoms. The van der Waals surface area contributed by atoms with Gasteiger partial charge in [0.2, 0.25) is 11.8 Å². The maximum absolute atomic E-state index is 12.0. The first-order valence-corrected chi connectivity index (χ1v) is 8.25. The van der Waals surface area contributed by atoms with Crippen molar-refractivity contribution in [2.45, 2.75) is 0 Å². The zero-order valence-electron chi connectivity index (χ0n) is 12.9. The monoisotopic (exact) mass is 410 g/mol. The molecule has 0 bridgehead atoms. The van der Waals surface area contributed by atoms with Gasteiger partial charge in [-0.1, -0.05) is 23.7 Å². The molecule has 2 N–H and O–H groups in total. The van der Waals surface area contributed by atoms with Gasteiger partial charge in [-0.15, -0.1) is 0 Å². The van der Waals surface area contributed by atoms with Crippen molar-refractivity contribution in [2.24, 2.45) is 0 Å². The normalized spacial score (nSPS) is 10.5. The zero-order chi connectivity index (χ0) is 17.5. The van der Waals surface area contributed by atoms with Gasteiger partial charge in [0, 0.05) is 10.7 Å². The van der Waals surface area contributed by atoms with E-state index in [1.54, 1.807) is 30.1 Å². The first-order chi connectivity index (χ1) is 11.4. The number of anilines is 2. The minimum Gasteiger partial charge on any atom is -0.324 e. The van der Waals surface area contributed by atoms with E-state index in [1.807, 2.05) is 18.2 Å². The first-order valence-electron chi connectivity index (χ1n) is 7.08. The number of aromatic nitrogens is 1. The minimum absolute atomic E-state index is 0.0632. The Morgan fingerprint density at radius 2 is 1.79 bits per heavy atom. The van der Waals surface area contributed by atoms with Crippen molar-refractivity contribution in [3.8, 4) is 0 Å². The van der Waals surface area contributed by atoms with Crippen LogP contribution in [0.2, 0.25) is 5.02 Å². The summed E-state index contributed by atoms with van der Waals surface area (Å²) in [6.45, 7) is 0.149. The van der Waals surface area contributed by atoms with Crippen LogP contribution in [0.5, 0.6) is 0 Å². The van der Waals surface area contributed by atoms with Gasteiger partial charge in [0.25, 0.3) is 0 Å². The molecule has 8 heteroatoms. The standard InChI is InChI=1S/C16H16BrClN4O2/c1-22(9-15(23)20-13-5-3-2-4-12(13)17)10-16(24)21-14-7-6-11(18)8-19-14/h2-8H,9-10H2,1H3,(H,20,23)(H,19,21,24). The molecule has 1 heterocycles. The number of likely N-dealkylation sites (N-methyl/N-ethyl adjacent to an activating group) is 1. The van der Waals surface area contributed by atoms with E-state index >= 15 is 0 Å². The average Bonchev–Trinajstić information content (AvgIpc) is 2.51. The van der Waals surface area contributed by atoms with Crippen LogP contribution in [0.3, 0.4) is 0 Å². The molecule has 0 aliphatic carbocycles. The van der Waals surface area contributed by atoms with E-state index in [-0.39, 0.29) is 24.9 Å². The number of rotatable bonds is 6. The summed E-state index contributed by atoms with van der Waals surface area (Å²) in [5, 5.41) is 5.92. The van der Waals surface area contributed by atoms with Crippen LogP contribution in [-0.4, -0.2) is 41.8 Å². The summed E-state index contributed by atoms with van der Waals surface area (Å²) >= 11 is 9.10. The van der Waals surface area contributed by atoms with Crippen LogP contribution >= 0.6 is 27.5 Å². The van der Waals surface area contributed by atoms with Crippen molar-refractivity contribution in [2.75, 3.05) is 30.8 Å². The topological polar surface area (TPSA) is 74.3 Å². The fourth-order valence-electron chi connectivity index (χ4n) is 1.93. The molecule has 0 unspecified atom stereocenters. The number of benzene rings is 1. The van der Waals surface area contributed by atoms with Crippen LogP contribution < -0.4 is 10.6 Å². The van der Waals surface area contributed by atoms with Crippen LogP contribution in [-0.2, 0) is 9.59 Å². The molecule has 0 saturated heterocycles. The second-order valence-corrected chi connectivity index (χ2v) is 6.40. The lowest BCUT2D eigenvalue weighted by molar-refractivity contribution is -0.119. The highest BCUT2D eigenvalue weighted by atomic mass is 79.9. The zero-order valence-corrected chi connectivity index (χ0v) is 15.3. The fraction of sp³-hybridized carbons (Fsp3) is 0.188. The number of nitrogens with one attached hydrogen (secondary N) is 2. The van der Waals surface area contributed by atoms with Crippen molar-refractivity contribution in [1.29, 1.82) is 0 Å². The molecular weight excluding hydrogens is 396 g/mol. The smallest absolute Gasteiger partial charge is 0.239 e. The molecule has 2 amide bonds. The predicted molar refractivity (Wildman–Crippen MR) is 98.1 cm³/mol. The summed E-state index contributed by atoms with van der Waals surface area (Å²) in [6.07, 6.45) is 1.45. The molecule has 0 radical (unpaired) electrons. The van der Waals surface area contributed by atoms with Crippen LogP contribution in [0, 0.1) is 0 Å². The first kappa shape index (κ1) is 18.4. The molecule has 0 aliphatic rings. The van der Waals surface area contributed by atoms with Gasteiger partial charge in [-0.25, -0.2) is 4.98 Å². The number of nitrogens with zero attached hydrogens (tertiary/aromatic N) is 2. The Labute approximate surface area is 153 Å². The van der Waals surface area contributed by atoms with E-state index in [1.165, 1.54) is 6.20 Å². The Balaban J connectivity index is 1.80. The molecule has 0 saturated carbocycles. The molecule has 2 aromatic rings. The highest BCUT2D eigenvalue weighted by Crippen LogP contribution is 2.20. The largest absolute Gasteiger partial charge is 0.324 e. The summed E-state index contributed by atoms with van der Waals surface area (Å²) in [4.78, 5) is 29.6. The molecule has 0 spiro atoms. The van der Waals surface area contributed by atoms with Crippen molar-refractivity contribution in [3.05, 3.63) is 52.1 Å². The summed E-state index contributed by atoms with van der Waals surface area (Å²) in [7, 11) is 1.69. The lowest BCUT2D eigenvalue weighted by atomic mass is 10.3. The molecule has 0 aliphatic heterocycles. The van der Waals surface area contributed by atoms with E-state index in [9.17, 15) is 9.59 Å². The molecular formula is C16H16BrClN4O2. The third-order valence-corrected chi connectivity index (χ3v) is 3.88. The lowest BCUT2D eigenvalue weighted by Crippen LogP contribution is -2.36. The third-order valence-electron chi connectivity index (χ3n) is 2.97. The summed E-state index contributed by atoms with van der Waals surface area (Å²) in [5.74, 6) is -0.0571. The molecule has 6 nitrogen and oxygen atoms in total. The van der Waals surface area contributed by atoms with Crippen molar-refractivity contribution >= 4 is 50.9 Å². The number of pyridine rings is 1. The van der Waals surface area contributed by atoms with Gasteiger partial charge in [0.15, 0.2) is 0 Å². The number of hydrogen-bond donors (Lipinski definition) is 2. The van der Waals surface area contributed by atoms with Gasteiger partial charge in [-0.2, -0.15) is 0 Å². The van der Waals surface area contributed by atoms with Gasteiger partial charge < -0.3 is 10.6 Å². The molecule has 1 aromatic carbocycles. The van der Waals surface area contributed by atoms with Gasteiger partial charge >= 0.3 is 0 Å². The van der Waals surface area contributed by atoms with E-state index < -0.39 is 0 Å². The minimum atomic E-state index is -0.263. The highest BCUT2D eigenvalue weighted by molar-refractivity contribution is 9.10. The summed E-state index contributed by atoms with van der Waals surface area (Å²) < 4.78 is 0.799. The Morgan fingerprint density at radius 3 is 2.42 bits per heavy atom. The predicted octanol–water partition coefficient (Wildman–Crippen LogP) is 3.01. The Kier molecular flexibility index (Phi) is 6.72. The van der Waals surface area contributed by atoms with Crippen LogP contribution in [0.1, 0.15) is 0 Å². The van der Waals surface area contributed by atoms with Crippen molar-refractivity contribution in [1.82, 2.24) is 9.88 Å². The molecule has 0 fully saturated rings. The maximum atomic E-state index is 12.0. The highest BCUT2D eigenvalue weighted by Gasteiger charge is 2.12. The SMILES string of the molecule is CN(CC(=O)Nc1ccc(Cl)cn1)CC(=O)Nc1ccccc1Br. The summed E-state index contributed by atoms with van der Waals surface area (Å²) in [6, 6.07) is 10.6. The molecule has 1 aromatic heterocycles. The summed E-state index contributed by atoms with van der Waals surface area (Å²) in [5.41, 5.74) is 0.686. The number of para-hydroxylation sites is 1. The van der Waals surface area contributed by atoms with Gasteiger partial charge in [0.05, 0.1) is 23.8 Å². The van der Waals surface area contributed by atoms with Crippen LogP contribution in [0.15, 0.2) is 47.1 Å². The lowest BCUT2D eigenvalue weighted by Gasteiger charge is -2.16. The maximum Gasteiger partial charge on any atom is 0.239 e. The Morgan fingerprint density at radius 1 is 1.12 bits per heavy atom. The van der Waals surface area contributed by atoms with E-state index in [2.05, 4.69) is 31.5 Å². The van der Waals surface area contributed by atoms with E-state index in [0.717, 1.165) is 4.47 Å². The van der Waals surface area contributed by atoms with Crippen LogP contribution in [0.25, 0.3) is 0 Å². The number of carbonyl (C=O) groups excluding carboxylic acids is 2. The molecule has 2 rings (SSSR count). The molecule has 126 valence electrons. The second kappa shape index (κ2) is 8.77. The van der Waals surface area contributed by atoms with Gasteiger partial charge in [0.1, 0.15) is 5.82 Å². The van der Waals surface area contributed by atoms with E-state index in [4.69, 9.17) is 11.6 Å². The van der Waals surface area contributed by atoms with Crippen molar-refractivity contribution < 1.29 is 9.59 Å². The van der Waals surface area contributed by atoms with Gasteiger partial charge in [-0.3, -0.25) is 14.5 Å². The number of amides is 2. The molecule has 0 atom stereocenters. The van der Waals surface area contributed by atoms with Crippen molar-refractivity contribution in [3.63, 3.8) is 0 Å². The third kappa shape index (κ3) is 5.92. The average molecular weight is 412 g/mol. The Hall–Kier alpha value is -1.96. The number of hydrogen-bond acceptors (Lipinski definition) is 4. The fourth-order valence-corrected chi connectivity index (χ4v) is 2.43. The Bertz CT molecular complexity index is 724. The van der Waals surface area contributed by atoms with Gasteiger partial charge in [-0.05, 0) is 47.2 Å². The van der Waals surface area contributed by atoms with E-state index in [0.29, 0.717) is 16.5 Å². The number of carbonyl (C=O) groups is 2. The second-order valence-electron chi connectivity index (χ2n) is 5.11. The quantitative estimate of drug-likeness (QED) is 0.766.